The fourth-order valence-corrected chi connectivity index (χ4v) is 6.41. The molecule has 0 aliphatic carbocycles. The number of aromatic hydroxyl groups is 2. The van der Waals surface area contributed by atoms with Crippen LogP contribution in [-0.2, 0) is 24.0 Å². The van der Waals surface area contributed by atoms with Gasteiger partial charge in [0, 0.05) is 23.2 Å². The highest BCUT2D eigenvalue weighted by molar-refractivity contribution is 9.10. The number of hydrogen-bond acceptors (Lipinski definition) is 13. The number of oxime groups is 1. The molecule has 1 saturated heterocycles. The minimum absolute atomic E-state index is 0.000906. The second kappa shape index (κ2) is 12.7. The topological polar surface area (TPSA) is 254 Å². The highest BCUT2D eigenvalue weighted by atomic mass is 79.9. The van der Waals surface area contributed by atoms with Crippen molar-refractivity contribution in [2.24, 2.45) is 5.16 Å². The molecule has 0 saturated carbocycles. The number of carbonyl (C=O) groups is 5. The maximum Gasteiger partial charge on any atom is 0.352 e. The molecule has 2 aliphatic heterocycles. The van der Waals surface area contributed by atoms with Crippen LogP contribution in [0.25, 0.3) is 0 Å². The van der Waals surface area contributed by atoms with Gasteiger partial charge >= 0.3 is 11.9 Å². The Balaban J connectivity index is 1.46. The Labute approximate surface area is 265 Å². The number of β-lactam (4-membered cyclic amide) rings is 1. The number of amides is 3. The smallest absolute Gasteiger partial charge is 0.352 e. The van der Waals surface area contributed by atoms with Gasteiger partial charge in [-0.3, -0.25) is 19.3 Å². The zero-order chi connectivity index (χ0) is 32.5. The van der Waals surface area contributed by atoms with Gasteiger partial charge in [-0.05, 0) is 53.9 Å². The van der Waals surface area contributed by atoms with Crippen molar-refractivity contribution in [3.05, 3.63) is 44.5 Å². The van der Waals surface area contributed by atoms with Gasteiger partial charge in [-0.25, -0.2) is 14.6 Å². The molecule has 4 rings (SSSR count). The van der Waals surface area contributed by atoms with Crippen molar-refractivity contribution in [2.45, 2.75) is 37.3 Å². The van der Waals surface area contributed by atoms with Gasteiger partial charge in [-0.15, -0.1) is 23.1 Å². The second-order valence-electron chi connectivity index (χ2n) is 9.87. The molecule has 0 bridgehead atoms. The van der Waals surface area contributed by atoms with Gasteiger partial charge in [0.25, 0.3) is 17.7 Å². The molecule has 1 aromatic heterocycles. The number of hydrogen-bond donors (Lipinski definition) is 7. The average Bonchev–Trinajstić information content (AvgIpc) is 3.39. The molecule has 44 heavy (non-hydrogen) atoms. The van der Waals surface area contributed by atoms with E-state index in [1.54, 1.807) is 0 Å². The SMILES string of the molecule is CC(C)(O/N=C(\C(=O)N[C@@H]1C(=O)N2C(C(=O)O)=C(CCNC(=O)c3cc(O)c(O)c(Br)c3)CS[C@H]12)c1csc(N)n1)C(=O)O. The summed E-state index contributed by atoms with van der Waals surface area (Å²) in [5.41, 5.74) is 3.58. The number of carbonyl (C=O) groups excluding carboxylic acids is 3. The molecule has 8 N–H and O–H groups in total. The first kappa shape index (κ1) is 32.6. The number of phenolic OH excluding ortho intramolecular Hbond substituents is 2. The minimum atomic E-state index is -1.80. The molecule has 3 heterocycles. The van der Waals surface area contributed by atoms with Crippen molar-refractivity contribution in [3.8, 4) is 11.5 Å². The third-order valence-electron chi connectivity index (χ3n) is 6.41. The van der Waals surface area contributed by atoms with Crippen LogP contribution >= 0.6 is 39.0 Å². The molecule has 234 valence electrons. The van der Waals surface area contributed by atoms with E-state index in [0.717, 1.165) is 22.3 Å². The lowest BCUT2D eigenvalue weighted by atomic mass is 10.0. The Kier molecular flexibility index (Phi) is 9.40. The second-order valence-corrected chi connectivity index (χ2v) is 12.7. The number of nitrogens with zero attached hydrogens (tertiary/aromatic N) is 3. The molecular weight excluding hydrogens is 688 g/mol. The van der Waals surface area contributed by atoms with Crippen LogP contribution in [-0.4, -0.2) is 95.0 Å². The monoisotopic (exact) mass is 712 g/mol. The van der Waals surface area contributed by atoms with E-state index >= 15 is 0 Å². The van der Waals surface area contributed by atoms with Gasteiger partial charge in [0.05, 0.1) is 4.47 Å². The van der Waals surface area contributed by atoms with E-state index in [4.69, 9.17) is 10.6 Å². The number of aromatic nitrogens is 1. The molecule has 1 fully saturated rings. The number of halogens is 1. The lowest BCUT2D eigenvalue weighted by molar-refractivity contribution is -0.161. The molecule has 2 aliphatic rings. The molecular formula is C25H25BrN6O10S2. The summed E-state index contributed by atoms with van der Waals surface area (Å²) < 4.78 is 0.108. The maximum absolute atomic E-state index is 13.2. The number of benzene rings is 1. The zero-order valence-electron chi connectivity index (χ0n) is 22.9. The number of nitrogens with one attached hydrogen (secondary N) is 2. The average molecular weight is 714 g/mol. The number of aliphatic carboxylic acids is 2. The number of rotatable bonds is 11. The predicted molar refractivity (Wildman–Crippen MR) is 160 cm³/mol. The summed E-state index contributed by atoms with van der Waals surface area (Å²) in [4.78, 5) is 72.5. The van der Waals surface area contributed by atoms with E-state index < -0.39 is 63.9 Å². The predicted octanol–water partition coefficient (Wildman–Crippen LogP) is 1.04. The van der Waals surface area contributed by atoms with Gasteiger partial charge < -0.3 is 41.6 Å². The van der Waals surface area contributed by atoms with Crippen LogP contribution in [0.2, 0.25) is 0 Å². The van der Waals surface area contributed by atoms with Crippen LogP contribution in [0.15, 0.2) is 38.4 Å². The Morgan fingerprint density at radius 3 is 2.55 bits per heavy atom. The third-order valence-corrected chi connectivity index (χ3v) is 9.03. The summed E-state index contributed by atoms with van der Waals surface area (Å²) >= 11 is 5.22. The Bertz CT molecular complexity index is 1600. The van der Waals surface area contributed by atoms with Gasteiger partial charge in [-0.2, -0.15) is 0 Å². The number of phenols is 2. The summed E-state index contributed by atoms with van der Waals surface area (Å²) in [5, 5.41) is 48.1. The maximum atomic E-state index is 13.2. The van der Waals surface area contributed by atoms with Crippen molar-refractivity contribution in [2.75, 3.05) is 18.0 Å². The first-order chi connectivity index (χ1) is 20.6. The van der Waals surface area contributed by atoms with E-state index in [0.29, 0.717) is 5.57 Å². The molecule has 2 atom stereocenters. The van der Waals surface area contributed by atoms with Crippen molar-refractivity contribution in [1.29, 1.82) is 0 Å². The summed E-state index contributed by atoms with van der Waals surface area (Å²) in [5.74, 6) is -5.68. The van der Waals surface area contributed by atoms with Gasteiger partial charge in [0.1, 0.15) is 22.8 Å². The number of fused-ring (bicyclic) bond motifs is 1. The number of nitrogen functional groups attached to an aromatic ring is 1. The van der Waals surface area contributed by atoms with Crippen molar-refractivity contribution < 1.29 is 49.2 Å². The van der Waals surface area contributed by atoms with E-state index in [1.807, 2.05) is 0 Å². The Morgan fingerprint density at radius 1 is 1.25 bits per heavy atom. The number of thiazole rings is 1. The van der Waals surface area contributed by atoms with Crippen LogP contribution in [0.3, 0.4) is 0 Å². The summed E-state index contributed by atoms with van der Waals surface area (Å²) in [6.07, 6.45) is 0.0812. The molecule has 2 aromatic rings. The van der Waals surface area contributed by atoms with Crippen LogP contribution in [0.5, 0.6) is 11.5 Å². The molecule has 19 heteroatoms. The molecule has 0 radical (unpaired) electrons. The van der Waals surface area contributed by atoms with Crippen LogP contribution in [0.4, 0.5) is 5.13 Å². The number of carboxylic acid groups (broad SMARTS) is 2. The lowest BCUT2D eigenvalue weighted by Crippen LogP contribution is -2.71. The summed E-state index contributed by atoms with van der Waals surface area (Å²) in [7, 11) is 0. The molecule has 0 unspecified atom stereocenters. The van der Waals surface area contributed by atoms with Crippen LogP contribution < -0.4 is 16.4 Å². The fourth-order valence-electron chi connectivity index (χ4n) is 4.03. The fraction of sp³-hybridized carbons (Fsp3) is 0.320. The van der Waals surface area contributed by atoms with Crippen LogP contribution in [0, 0.1) is 0 Å². The largest absolute Gasteiger partial charge is 0.504 e. The number of nitrogens with two attached hydrogens (primary N) is 1. The van der Waals surface area contributed by atoms with E-state index in [2.05, 4.69) is 36.7 Å². The lowest BCUT2D eigenvalue weighted by Gasteiger charge is -2.49. The molecule has 16 nitrogen and oxygen atoms in total. The Hall–Kier alpha value is -4.36. The number of anilines is 1. The van der Waals surface area contributed by atoms with Gasteiger partial charge in [0.15, 0.2) is 22.3 Å². The molecule has 0 spiro atoms. The number of thioether (sulfide) groups is 1. The Morgan fingerprint density at radius 2 is 1.95 bits per heavy atom. The quantitative estimate of drug-likeness (QED) is 0.0745. The first-order valence-corrected chi connectivity index (χ1v) is 15.3. The van der Waals surface area contributed by atoms with Gasteiger partial charge in [-0.1, -0.05) is 5.16 Å². The van der Waals surface area contributed by atoms with Crippen molar-refractivity contribution >= 4 is 79.5 Å². The molecule has 3 amide bonds. The van der Waals surface area contributed by atoms with E-state index in [-0.39, 0.29) is 45.3 Å². The third kappa shape index (κ3) is 6.58. The van der Waals surface area contributed by atoms with E-state index in [1.165, 1.54) is 37.1 Å². The van der Waals surface area contributed by atoms with Crippen molar-refractivity contribution in [1.82, 2.24) is 20.5 Å². The number of carboxylic acids is 2. The first-order valence-electron chi connectivity index (χ1n) is 12.5. The van der Waals surface area contributed by atoms with E-state index in [9.17, 15) is 44.4 Å². The van der Waals surface area contributed by atoms with Crippen LogP contribution in [0.1, 0.15) is 36.3 Å². The minimum Gasteiger partial charge on any atom is -0.504 e. The zero-order valence-corrected chi connectivity index (χ0v) is 26.1. The van der Waals surface area contributed by atoms with Crippen molar-refractivity contribution in [3.63, 3.8) is 0 Å². The summed E-state index contributed by atoms with van der Waals surface area (Å²) in [6.45, 7) is 2.44. The standard InChI is InChI=1S/C25H25BrN6O10S2/c1-25(2,23(40)41)42-31-14(12-8-44-24(27)29-12)19(36)30-15-20(37)32-16(22(38)39)9(7-43-21(15)32)3-4-28-18(35)10-5-11(26)17(34)13(33)6-10/h5-6,8,15,21,33-34H,3-4,7H2,1-2H3,(H2,27,29)(H,28,35)(H,30,36)(H,38,39)(H,40,41)/b31-14-/t15-,21-/m1/s1. The summed E-state index contributed by atoms with van der Waals surface area (Å²) in [6, 6.07) is 1.24. The normalized spacial score (nSPS) is 18.3. The van der Waals surface area contributed by atoms with Gasteiger partial charge in [0.2, 0.25) is 5.60 Å². The highest BCUT2D eigenvalue weighted by Crippen LogP contribution is 2.41. The highest BCUT2D eigenvalue weighted by Gasteiger charge is 2.54. The molecule has 1 aromatic carbocycles.